The molecule has 0 radical (unpaired) electrons. The molecule has 64 heavy (non-hydrogen) atoms. The third-order valence-electron chi connectivity index (χ3n) is 9.05. The van der Waals surface area contributed by atoms with Crippen molar-refractivity contribution >= 4 is 0 Å². The van der Waals surface area contributed by atoms with Gasteiger partial charge >= 0.3 is 0 Å². The van der Waals surface area contributed by atoms with Gasteiger partial charge in [0.15, 0.2) is 0 Å². The molecule has 0 aliphatic heterocycles. The van der Waals surface area contributed by atoms with Crippen molar-refractivity contribution in [3.8, 4) is 71.0 Å². The average Bonchev–Trinajstić information content (AvgIpc) is 3.00. The lowest BCUT2D eigenvalue weighted by Crippen LogP contribution is -2.16. The van der Waals surface area contributed by atoms with Crippen LogP contribution >= 0.6 is 0 Å². The Morgan fingerprint density at radius 2 is 0.359 bits per heavy atom. The smallest absolute Gasteiger partial charge is 0.120 e. The Labute approximate surface area is 395 Å². The number of hydrogen-bond donors (Lipinski definition) is 2. The maximum Gasteiger partial charge on any atom is 0.120 e. The summed E-state index contributed by atoms with van der Waals surface area (Å²) in [5, 5.41) is 20.7. The fourth-order valence-electron chi connectivity index (χ4n) is 4.62. The van der Waals surface area contributed by atoms with Gasteiger partial charge in [0, 0.05) is 43.3 Å². The highest BCUT2D eigenvalue weighted by molar-refractivity contribution is 5.51. The fourth-order valence-corrected chi connectivity index (χ4v) is 4.62. The minimum Gasteiger partial charge on any atom is -0.378 e. The molecule has 0 saturated heterocycles. The van der Waals surface area contributed by atoms with Crippen molar-refractivity contribution in [3.63, 3.8) is 0 Å². The predicted octanol–water partition coefficient (Wildman–Crippen LogP) is 14.7. The molecule has 0 aromatic heterocycles. The monoisotopic (exact) mass is 863 g/mol. The molecule has 2 N–H and O–H groups in total. The first-order valence-corrected chi connectivity index (χ1v) is 22.7. The Balaban J connectivity index is 8.57. The largest absolute Gasteiger partial charge is 0.378 e. The lowest BCUT2D eigenvalue weighted by Gasteiger charge is -2.21. The van der Waals surface area contributed by atoms with Gasteiger partial charge in [-0.05, 0) is 51.4 Å². The molecule has 0 unspecified atom stereocenters. The quantitative estimate of drug-likeness (QED) is 0.188. The molecule has 0 amide bonds. The molecule has 0 fully saturated rings. The maximum absolute atomic E-state index is 10.4. The third kappa shape index (κ3) is 23.3. The summed E-state index contributed by atoms with van der Waals surface area (Å²) in [6.45, 7) is 57.6. The first-order valence-electron chi connectivity index (χ1n) is 22.7. The van der Waals surface area contributed by atoms with E-state index in [1.54, 1.807) is 27.7 Å². The topological polar surface area (TPSA) is 40.5 Å². The maximum atomic E-state index is 10.4. The van der Waals surface area contributed by atoms with E-state index in [1.165, 1.54) is 0 Å². The van der Waals surface area contributed by atoms with Crippen molar-refractivity contribution in [1.29, 1.82) is 0 Å². The Kier molecular flexibility index (Phi) is 19.6. The summed E-state index contributed by atoms with van der Waals surface area (Å²) in [5.74, 6) is 39.3. The average molecular weight is 863 g/mol. The van der Waals surface area contributed by atoms with Gasteiger partial charge in [-0.2, -0.15) is 0 Å². The molecule has 0 rings (SSSR count). The van der Waals surface area contributed by atoms with Gasteiger partial charge in [0.2, 0.25) is 0 Å². The minimum absolute atomic E-state index is 0.301. The van der Waals surface area contributed by atoms with Crippen molar-refractivity contribution in [1.82, 2.24) is 0 Å². The van der Waals surface area contributed by atoms with Gasteiger partial charge in [-0.1, -0.05) is 236 Å². The van der Waals surface area contributed by atoms with E-state index in [4.69, 9.17) is 0 Å². The van der Waals surface area contributed by atoms with E-state index in [0.717, 1.165) is 44.6 Å². The Morgan fingerprint density at radius 1 is 0.219 bits per heavy atom. The van der Waals surface area contributed by atoms with Crippen molar-refractivity contribution in [2.24, 2.45) is 43.3 Å². The summed E-state index contributed by atoms with van der Waals surface area (Å²) in [7, 11) is 0. The van der Waals surface area contributed by atoms with Crippen LogP contribution in [-0.4, -0.2) is 21.4 Å². The van der Waals surface area contributed by atoms with E-state index in [9.17, 15) is 10.2 Å². The molecule has 0 aliphatic rings. The van der Waals surface area contributed by atoms with Crippen LogP contribution in [0.2, 0.25) is 0 Å². The van der Waals surface area contributed by atoms with Gasteiger partial charge in [-0.25, -0.2) is 0 Å². The molecule has 0 atom stereocenters. The number of rotatable bonds is 0. The molecule has 2 heteroatoms. The molecule has 0 bridgehead atoms. The zero-order valence-electron chi connectivity index (χ0n) is 45.9. The SMILES string of the molecule is CC(C)(O)C#CC(=C=C(C#CC(=C=C(C#CC#CC(=C=C(C#CC(=C=C(C#CC(C)(C)O)C(C)(C)C)C(C)(C)C)C(C)(C)C)C(C)(C)C)C(C)(C)C)C(C)(C)C)C(C)(C)C)C(C)(C)C. The molecular weight excluding hydrogens is 777 g/mol. The molecule has 0 aliphatic carbocycles. The summed E-state index contributed by atoms with van der Waals surface area (Å²) in [4.78, 5) is 0. The van der Waals surface area contributed by atoms with Crippen molar-refractivity contribution < 1.29 is 10.2 Å². The highest BCUT2D eigenvalue weighted by Crippen LogP contribution is 2.34. The van der Waals surface area contributed by atoms with Crippen LogP contribution in [0.1, 0.15) is 194 Å². The van der Waals surface area contributed by atoms with Crippen molar-refractivity contribution in [2.75, 3.05) is 0 Å². The van der Waals surface area contributed by atoms with Crippen LogP contribution in [0.15, 0.2) is 67.5 Å². The molecule has 346 valence electrons. The van der Waals surface area contributed by atoms with Crippen LogP contribution in [0, 0.1) is 114 Å². The van der Waals surface area contributed by atoms with E-state index in [-0.39, 0.29) is 43.3 Å². The van der Waals surface area contributed by atoms with Crippen molar-refractivity contribution in [3.05, 3.63) is 67.5 Å². The van der Waals surface area contributed by atoms with Gasteiger partial charge in [-0.15, -0.1) is 0 Å². The molecule has 0 saturated carbocycles. The summed E-state index contributed by atoms with van der Waals surface area (Å²) in [6.07, 6.45) is 0. The fraction of sp³-hybridized carbons (Fsp3) is 0.613. The van der Waals surface area contributed by atoms with Crippen LogP contribution in [0.4, 0.5) is 0 Å². The predicted molar refractivity (Wildman–Crippen MR) is 277 cm³/mol. The van der Waals surface area contributed by atoms with Crippen LogP contribution in [0.25, 0.3) is 0 Å². The standard InChI is InChI=1S/C62H86O2/c1-53(2,3)45(41-47(55(7,8)9)33-35-49(57(13,14)15)43-51(59(19,20)21)37-39-61(25,26)63)31-29-30-32-46(54(4,5)6)42-48(56(10,11)12)34-36-50(58(16,17)18)44-52(60(22,23)24)38-40-62(27,28)64/h63-64H,1-28H3. The van der Waals surface area contributed by atoms with E-state index >= 15 is 0 Å². The van der Waals surface area contributed by atoms with E-state index in [1.807, 2.05) is 0 Å². The Bertz CT molecular complexity index is 2250. The molecule has 0 aromatic rings. The van der Waals surface area contributed by atoms with Gasteiger partial charge in [0.25, 0.3) is 0 Å². The Hall–Kier alpha value is -4.64. The summed E-state index contributed by atoms with van der Waals surface area (Å²) >= 11 is 0. The number of allylic oxidation sites excluding steroid dienone is 4. The first kappa shape index (κ1) is 59.4. The van der Waals surface area contributed by atoms with Gasteiger partial charge in [0.1, 0.15) is 11.2 Å². The molecule has 0 heterocycles. The molecule has 0 aromatic carbocycles. The van der Waals surface area contributed by atoms with Crippen LogP contribution in [-0.2, 0) is 0 Å². The van der Waals surface area contributed by atoms with E-state index < -0.39 is 11.2 Å². The van der Waals surface area contributed by atoms with Crippen LogP contribution in [0.3, 0.4) is 0 Å². The second kappa shape index (κ2) is 21.1. The summed E-state index contributed by atoms with van der Waals surface area (Å²) in [6, 6.07) is 0. The van der Waals surface area contributed by atoms with Gasteiger partial charge in [-0.3, -0.25) is 0 Å². The zero-order chi connectivity index (χ0) is 50.9. The normalized spacial score (nSPS) is 12.2. The number of hydrogen-bond acceptors (Lipinski definition) is 2. The molecular formula is C62H86O2. The molecule has 2 nitrogen and oxygen atoms in total. The summed E-state index contributed by atoms with van der Waals surface area (Å²) in [5.41, 5.74) is 16.1. The lowest BCUT2D eigenvalue weighted by molar-refractivity contribution is 0.143. The number of aliphatic hydroxyl groups is 2. The first-order chi connectivity index (χ1) is 28.0. The minimum atomic E-state index is -1.13. The second-order valence-electron chi connectivity index (χ2n) is 26.1. The molecule has 0 spiro atoms. The Morgan fingerprint density at radius 3 is 0.500 bits per heavy atom. The third-order valence-corrected chi connectivity index (χ3v) is 9.05. The van der Waals surface area contributed by atoms with Gasteiger partial charge in [0.05, 0.1) is 44.6 Å². The second-order valence-corrected chi connectivity index (χ2v) is 26.1. The highest BCUT2D eigenvalue weighted by Gasteiger charge is 2.25. The van der Waals surface area contributed by atoms with Gasteiger partial charge < -0.3 is 10.2 Å². The lowest BCUT2D eigenvalue weighted by atomic mass is 9.81. The van der Waals surface area contributed by atoms with E-state index in [2.05, 4.69) is 260 Å². The van der Waals surface area contributed by atoms with Crippen LogP contribution < -0.4 is 0 Å². The highest BCUT2D eigenvalue weighted by atomic mass is 16.3. The summed E-state index contributed by atoms with van der Waals surface area (Å²) < 4.78 is 0. The zero-order valence-corrected chi connectivity index (χ0v) is 45.9. The van der Waals surface area contributed by atoms with Crippen LogP contribution in [0.5, 0.6) is 0 Å². The van der Waals surface area contributed by atoms with E-state index in [0.29, 0.717) is 0 Å². The van der Waals surface area contributed by atoms with Crippen molar-refractivity contribution in [2.45, 2.75) is 205 Å².